The van der Waals surface area contributed by atoms with Gasteiger partial charge in [-0.2, -0.15) is 5.26 Å². The fraction of sp³-hybridized carbons (Fsp3) is 0.231. The maximum atomic E-state index is 9.07. The third-order valence-electron chi connectivity index (χ3n) is 2.94. The van der Waals surface area contributed by atoms with Crippen LogP contribution in [0.25, 0.3) is 0 Å². The smallest absolute Gasteiger partial charge is 0.187 e. The Morgan fingerprint density at radius 2 is 2.28 bits per heavy atom. The van der Waals surface area contributed by atoms with Crippen molar-refractivity contribution in [3.63, 3.8) is 0 Å². The molecule has 3 rings (SSSR count). The minimum absolute atomic E-state index is 0.540. The van der Waals surface area contributed by atoms with E-state index in [0.717, 1.165) is 23.7 Å². The zero-order valence-corrected chi connectivity index (χ0v) is 11.1. The molecule has 0 atom stereocenters. The van der Waals surface area contributed by atoms with Gasteiger partial charge in [-0.05, 0) is 37.5 Å². The number of benzene rings is 1. The zero-order chi connectivity index (χ0) is 12.5. The molecule has 0 fully saturated rings. The van der Waals surface area contributed by atoms with Crippen molar-refractivity contribution in [2.45, 2.75) is 19.3 Å². The van der Waals surface area contributed by atoms with E-state index in [4.69, 9.17) is 16.9 Å². The lowest BCUT2D eigenvalue weighted by molar-refractivity contribution is 0.900. The fourth-order valence-corrected chi connectivity index (χ4v) is 3.31. The molecule has 0 unspecified atom stereocenters. The molecule has 1 heterocycles. The third-order valence-corrected chi connectivity index (χ3v) is 4.25. The van der Waals surface area contributed by atoms with E-state index < -0.39 is 0 Å². The molecule has 0 aliphatic heterocycles. The molecule has 0 radical (unpaired) electrons. The normalized spacial score (nSPS) is 13.1. The lowest BCUT2D eigenvalue weighted by atomic mass is 10.2. The Balaban J connectivity index is 1.90. The summed E-state index contributed by atoms with van der Waals surface area (Å²) in [6, 6.07) is 7.38. The number of aryl methyl sites for hydroxylation is 2. The van der Waals surface area contributed by atoms with E-state index in [1.54, 1.807) is 23.5 Å². The van der Waals surface area contributed by atoms with E-state index >= 15 is 0 Å². The molecular formula is C13H10ClN3S. The summed E-state index contributed by atoms with van der Waals surface area (Å²) in [5.41, 5.74) is 2.50. The van der Waals surface area contributed by atoms with Crippen molar-refractivity contribution in [1.82, 2.24) is 4.98 Å². The number of fused-ring (bicyclic) bond motifs is 1. The number of hydrogen-bond donors (Lipinski definition) is 1. The lowest BCUT2D eigenvalue weighted by Crippen LogP contribution is -1.93. The summed E-state index contributed by atoms with van der Waals surface area (Å²) < 4.78 is 0. The number of hydrogen-bond acceptors (Lipinski definition) is 4. The molecule has 1 aromatic carbocycles. The third kappa shape index (κ3) is 2.07. The highest BCUT2D eigenvalue weighted by molar-refractivity contribution is 7.15. The Morgan fingerprint density at radius 3 is 3.06 bits per heavy atom. The average molecular weight is 276 g/mol. The Kier molecular flexibility index (Phi) is 2.94. The van der Waals surface area contributed by atoms with Crippen molar-refractivity contribution in [1.29, 1.82) is 5.26 Å². The number of rotatable bonds is 2. The minimum atomic E-state index is 0.540. The van der Waals surface area contributed by atoms with Crippen LogP contribution in [0.3, 0.4) is 0 Å². The van der Waals surface area contributed by atoms with E-state index in [9.17, 15) is 0 Å². The summed E-state index contributed by atoms with van der Waals surface area (Å²) in [6.07, 6.45) is 3.40. The minimum Gasteiger partial charge on any atom is -0.330 e. The predicted molar refractivity (Wildman–Crippen MR) is 73.6 cm³/mol. The molecule has 3 nitrogen and oxygen atoms in total. The van der Waals surface area contributed by atoms with Crippen molar-refractivity contribution in [2.75, 3.05) is 5.32 Å². The second-order valence-corrected chi connectivity index (χ2v) is 5.69. The number of nitriles is 1. The number of nitrogens with one attached hydrogen (secondary N) is 1. The van der Waals surface area contributed by atoms with E-state index in [1.807, 2.05) is 6.07 Å². The van der Waals surface area contributed by atoms with Crippen LogP contribution in [0, 0.1) is 11.3 Å². The monoisotopic (exact) mass is 275 g/mol. The molecule has 1 aliphatic carbocycles. The van der Waals surface area contributed by atoms with Gasteiger partial charge in [0.05, 0.1) is 16.9 Å². The molecule has 0 amide bonds. The highest BCUT2D eigenvalue weighted by Crippen LogP contribution is 2.33. The quantitative estimate of drug-likeness (QED) is 0.904. The van der Waals surface area contributed by atoms with Gasteiger partial charge in [-0.3, -0.25) is 0 Å². The summed E-state index contributed by atoms with van der Waals surface area (Å²) in [6.45, 7) is 0. The number of halogens is 1. The van der Waals surface area contributed by atoms with Gasteiger partial charge in [0.15, 0.2) is 5.13 Å². The van der Waals surface area contributed by atoms with Crippen LogP contribution in [-0.2, 0) is 12.8 Å². The zero-order valence-electron chi connectivity index (χ0n) is 9.53. The molecular weight excluding hydrogens is 266 g/mol. The summed E-state index contributed by atoms with van der Waals surface area (Å²) in [7, 11) is 0. The van der Waals surface area contributed by atoms with Crippen LogP contribution >= 0.6 is 22.9 Å². The predicted octanol–water partition coefficient (Wildman–Crippen LogP) is 3.90. The molecule has 2 aromatic rings. The Hall–Kier alpha value is -1.57. The van der Waals surface area contributed by atoms with E-state index in [1.165, 1.54) is 17.0 Å². The van der Waals surface area contributed by atoms with Crippen LogP contribution in [0.5, 0.6) is 0 Å². The molecule has 0 saturated carbocycles. The van der Waals surface area contributed by atoms with Gasteiger partial charge in [-0.1, -0.05) is 11.6 Å². The summed E-state index contributed by atoms with van der Waals surface area (Å²) in [5.74, 6) is 0. The molecule has 0 bridgehead atoms. The molecule has 1 aromatic heterocycles. The van der Waals surface area contributed by atoms with Gasteiger partial charge in [0.25, 0.3) is 0 Å². The Bertz CT molecular complexity index is 621. The maximum absolute atomic E-state index is 9.07. The van der Waals surface area contributed by atoms with Crippen LogP contribution in [0.1, 0.15) is 22.6 Å². The van der Waals surface area contributed by atoms with Crippen LogP contribution in [0.2, 0.25) is 5.02 Å². The summed E-state index contributed by atoms with van der Waals surface area (Å²) in [4.78, 5) is 5.91. The first-order chi connectivity index (χ1) is 8.76. The Labute approximate surface area is 114 Å². The van der Waals surface area contributed by atoms with Gasteiger partial charge in [-0.25, -0.2) is 4.98 Å². The summed E-state index contributed by atoms with van der Waals surface area (Å²) in [5, 5.41) is 13.7. The van der Waals surface area contributed by atoms with Gasteiger partial charge >= 0.3 is 0 Å². The van der Waals surface area contributed by atoms with Gasteiger partial charge < -0.3 is 5.32 Å². The molecule has 1 N–H and O–H groups in total. The van der Waals surface area contributed by atoms with Gasteiger partial charge in [0, 0.05) is 9.90 Å². The number of thiazole rings is 1. The van der Waals surface area contributed by atoms with Crippen LogP contribution in [0.15, 0.2) is 18.2 Å². The molecule has 18 heavy (non-hydrogen) atoms. The fourth-order valence-electron chi connectivity index (χ4n) is 2.08. The summed E-state index contributed by atoms with van der Waals surface area (Å²) >= 11 is 7.54. The van der Waals surface area contributed by atoms with Crippen molar-refractivity contribution < 1.29 is 0 Å². The number of aromatic nitrogens is 1. The molecule has 1 aliphatic rings. The molecule has 90 valence electrons. The topological polar surface area (TPSA) is 48.7 Å². The van der Waals surface area contributed by atoms with Gasteiger partial charge in [-0.15, -0.1) is 11.3 Å². The first kappa shape index (κ1) is 11.5. The van der Waals surface area contributed by atoms with E-state index in [-0.39, 0.29) is 0 Å². The first-order valence-electron chi connectivity index (χ1n) is 5.71. The van der Waals surface area contributed by atoms with Crippen LogP contribution < -0.4 is 5.32 Å². The lowest BCUT2D eigenvalue weighted by Gasteiger charge is -2.05. The van der Waals surface area contributed by atoms with Crippen molar-refractivity contribution in [3.8, 4) is 6.07 Å². The van der Waals surface area contributed by atoms with Crippen LogP contribution in [-0.4, -0.2) is 4.98 Å². The van der Waals surface area contributed by atoms with Crippen molar-refractivity contribution in [3.05, 3.63) is 39.4 Å². The number of anilines is 2. The highest BCUT2D eigenvalue weighted by atomic mass is 35.5. The number of nitrogens with zero attached hydrogens (tertiary/aromatic N) is 2. The second-order valence-electron chi connectivity index (χ2n) is 4.17. The molecule has 0 spiro atoms. The van der Waals surface area contributed by atoms with Crippen LogP contribution in [0.4, 0.5) is 10.8 Å². The molecule has 0 saturated heterocycles. The average Bonchev–Trinajstić information content (AvgIpc) is 2.92. The van der Waals surface area contributed by atoms with Crippen molar-refractivity contribution in [2.24, 2.45) is 0 Å². The van der Waals surface area contributed by atoms with Gasteiger partial charge in [0.2, 0.25) is 0 Å². The standard InChI is InChI=1S/C13H10ClN3S/c14-9-4-5-10(8(6-9)7-15)16-13-17-11-2-1-3-12(11)18-13/h4-6H,1-3H2,(H,16,17). The first-order valence-corrected chi connectivity index (χ1v) is 6.91. The molecule has 5 heteroatoms. The highest BCUT2D eigenvalue weighted by Gasteiger charge is 2.17. The SMILES string of the molecule is N#Cc1cc(Cl)ccc1Nc1nc2c(s1)CCC2. The largest absolute Gasteiger partial charge is 0.330 e. The second kappa shape index (κ2) is 4.60. The van der Waals surface area contributed by atoms with E-state index in [0.29, 0.717) is 10.6 Å². The van der Waals surface area contributed by atoms with E-state index in [2.05, 4.69) is 16.4 Å². The van der Waals surface area contributed by atoms with Crippen molar-refractivity contribution >= 4 is 33.8 Å². The Morgan fingerprint density at radius 1 is 1.39 bits per heavy atom. The maximum Gasteiger partial charge on any atom is 0.187 e. The van der Waals surface area contributed by atoms with Gasteiger partial charge in [0.1, 0.15) is 6.07 Å².